The fourth-order valence-corrected chi connectivity index (χ4v) is 2.14. The molecule has 0 spiro atoms. The zero-order valence-corrected chi connectivity index (χ0v) is 15.5. The Morgan fingerprint density at radius 2 is 2.00 bits per heavy atom. The zero-order chi connectivity index (χ0) is 10.5. The van der Waals surface area contributed by atoms with Gasteiger partial charge in [-0.15, -0.1) is 24.3 Å². The van der Waals surface area contributed by atoms with E-state index in [2.05, 4.69) is 26.6 Å². The van der Waals surface area contributed by atoms with Gasteiger partial charge in [0.2, 0.25) is 0 Å². The smallest absolute Gasteiger partial charge is 0.127 e. The van der Waals surface area contributed by atoms with E-state index in [0.29, 0.717) is 0 Å². The Kier molecular flexibility index (Phi) is 5.39. The molecule has 0 aliphatic rings. The molecule has 0 saturated carbocycles. The van der Waals surface area contributed by atoms with Crippen LogP contribution in [0.5, 0.6) is 0 Å². The first-order valence-electron chi connectivity index (χ1n) is 5.04. The van der Waals surface area contributed by atoms with E-state index in [0.717, 1.165) is 22.2 Å². The largest absolute Gasteiger partial charge is 0.358 e. The number of nitrogens with zero attached hydrogens (tertiary/aromatic N) is 4. The number of hydrogen-bond donors (Lipinski definition) is 0. The van der Waals surface area contributed by atoms with Gasteiger partial charge in [0.25, 0.3) is 0 Å². The van der Waals surface area contributed by atoms with E-state index in [4.69, 9.17) is 0 Å². The van der Waals surface area contributed by atoms with Crippen molar-refractivity contribution in [2.45, 2.75) is 0 Å². The Labute approximate surface area is 149 Å². The number of aromatic nitrogens is 4. The third-order valence-corrected chi connectivity index (χ3v) is 2.81. The Morgan fingerprint density at radius 1 is 1.16 bits per heavy atom. The average Bonchev–Trinajstić information content (AvgIpc) is 2.98. The number of hydrogen-bond acceptors (Lipinski definition) is 2. The molecular weight excluding hydrogens is 493 g/mol. The summed E-state index contributed by atoms with van der Waals surface area (Å²) in [5.41, 5.74) is 2.96. The summed E-state index contributed by atoms with van der Waals surface area (Å²) in [5.74, 6) is 0. The fraction of sp³-hybridized carbons (Fsp3) is 0. The molecule has 0 bridgehead atoms. The van der Waals surface area contributed by atoms with Crippen LogP contribution in [0.15, 0.2) is 42.9 Å². The zero-order valence-electron chi connectivity index (χ0n) is 10.2. The van der Waals surface area contributed by atoms with E-state index >= 15 is 0 Å². The standard InChI is InChI=1S/C12H7N4.CH3.Ir.Y/c1-2-5-10-9(4-1)12-13-8-14-16(12)11-6-3-7-15(10)11;;;/h1-3,5-8H;1H3;;/q2*-1;;. The van der Waals surface area contributed by atoms with Gasteiger partial charge in [-0.3, -0.25) is 4.98 Å². The normalized spacial score (nSPS) is 9.89. The molecule has 96 valence electrons. The Hall–Kier alpha value is -0.607. The fourth-order valence-electron chi connectivity index (χ4n) is 2.14. The quantitative estimate of drug-likeness (QED) is 0.346. The molecule has 0 fully saturated rings. The third-order valence-electron chi connectivity index (χ3n) is 2.81. The van der Waals surface area contributed by atoms with E-state index in [-0.39, 0.29) is 60.2 Å². The van der Waals surface area contributed by atoms with Gasteiger partial charge < -0.3 is 11.8 Å². The summed E-state index contributed by atoms with van der Waals surface area (Å²) >= 11 is 0. The van der Waals surface area contributed by atoms with Crippen molar-refractivity contribution < 1.29 is 52.8 Å². The van der Waals surface area contributed by atoms with Crippen LogP contribution in [0.4, 0.5) is 0 Å². The van der Waals surface area contributed by atoms with Gasteiger partial charge in [-0.25, -0.2) is 4.52 Å². The summed E-state index contributed by atoms with van der Waals surface area (Å²) in [5, 5.41) is 5.22. The molecule has 4 aromatic rings. The third kappa shape index (κ3) is 2.29. The Morgan fingerprint density at radius 3 is 2.84 bits per heavy atom. The van der Waals surface area contributed by atoms with E-state index in [1.165, 1.54) is 0 Å². The van der Waals surface area contributed by atoms with Crippen LogP contribution in [0.2, 0.25) is 0 Å². The van der Waals surface area contributed by atoms with Crippen molar-refractivity contribution in [1.82, 2.24) is 19.0 Å². The number of rotatable bonds is 0. The van der Waals surface area contributed by atoms with Crippen molar-refractivity contribution in [3.63, 3.8) is 0 Å². The van der Waals surface area contributed by atoms with E-state index in [9.17, 15) is 0 Å². The Balaban J connectivity index is 0.000000602. The molecular formula is C13H10IrN4Y-2. The minimum Gasteiger partial charge on any atom is -0.358 e. The van der Waals surface area contributed by atoms with Gasteiger partial charge in [0, 0.05) is 59.0 Å². The van der Waals surface area contributed by atoms with Gasteiger partial charge in [0.05, 0.1) is 5.65 Å². The molecule has 3 aromatic heterocycles. The summed E-state index contributed by atoms with van der Waals surface area (Å²) in [4.78, 5) is 4.28. The van der Waals surface area contributed by atoms with Crippen molar-refractivity contribution in [2.75, 3.05) is 0 Å². The molecule has 1 aromatic carbocycles. The van der Waals surface area contributed by atoms with Gasteiger partial charge >= 0.3 is 0 Å². The molecule has 4 nitrogen and oxygen atoms in total. The van der Waals surface area contributed by atoms with Gasteiger partial charge in [-0.05, 0) is 17.6 Å². The van der Waals surface area contributed by atoms with Crippen LogP contribution in [-0.2, 0) is 52.8 Å². The molecule has 3 heterocycles. The molecule has 0 atom stereocenters. The minimum atomic E-state index is 0. The van der Waals surface area contributed by atoms with Crippen molar-refractivity contribution in [3.8, 4) is 0 Å². The monoisotopic (exact) mass is 504 g/mol. The molecule has 0 N–H and O–H groups in total. The second kappa shape index (κ2) is 6.23. The van der Waals surface area contributed by atoms with Crippen molar-refractivity contribution in [1.29, 1.82) is 0 Å². The number of fused-ring (bicyclic) bond motifs is 6. The molecule has 4 rings (SSSR count). The van der Waals surface area contributed by atoms with Crippen LogP contribution < -0.4 is 0 Å². The second-order valence-corrected chi connectivity index (χ2v) is 3.66. The first-order chi connectivity index (χ1) is 7.95. The van der Waals surface area contributed by atoms with Crippen LogP contribution in [0.1, 0.15) is 0 Å². The molecule has 0 aliphatic heterocycles. The SMILES string of the molecule is [CH3-].[Ir].[Y].[c-]1cccc2c1c1ncnn1c1cccn21. The molecule has 19 heavy (non-hydrogen) atoms. The molecule has 0 saturated heterocycles. The summed E-state index contributed by atoms with van der Waals surface area (Å²) in [7, 11) is 0. The average molecular weight is 503 g/mol. The van der Waals surface area contributed by atoms with E-state index < -0.39 is 0 Å². The van der Waals surface area contributed by atoms with Crippen molar-refractivity contribution in [2.24, 2.45) is 0 Å². The predicted molar refractivity (Wildman–Crippen MR) is 66.7 cm³/mol. The van der Waals surface area contributed by atoms with E-state index in [1.807, 2.05) is 35.0 Å². The maximum absolute atomic E-state index is 4.28. The minimum absolute atomic E-state index is 0. The van der Waals surface area contributed by atoms with Gasteiger partial charge in [-0.2, -0.15) is 5.10 Å². The summed E-state index contributed by atoms with van der Waals surface area (Å²) in [6.45, 7) is 0. The molecule has 2 radical (unpaired) electrons. The van der Waals surface area contributed by atoms with Crippen LogP contribution in [-0.4, -0.2) is 19.0 Å². The van der Waals surface area contributed by atoms with Crippen molar-refractivity contribution in [3.05, 3.63) is 56.3 Å². The van der Waals surface area contributed by atoms with Crippen LogP contribution >= 0.6 is 0 Å². The Bertz CT molecular complexity index is 752. The van der Waals surface area contributed by atoms with Gasteiger partial charge in [0.15, 0.2) is 0 Å². The molecule has 0 unspecified atom stereocenters. The second-order valence-electron chi connectivity index (χ2n) is 3.66. The first-order valence-corrected chi connectivity index (χ1v) is 5.04. The molecule has 6 heteroatoms. The predicted octanol–water partition coefficient (Wildman–Crippen LogP) is 2.38. The van der Waals surface area contributed by atoms with Crippen LogP contribution in [0, 0.1) is 13.5 Å². The maximum atomic E-state index is 4.28. The van der Waals surface area contributed by atoms with E-state index in [1.54, 1.807) is 6.33 Å². The summed E-state index contributed by atoms with van der Waals surface area (Å²) < 4.78 is 3.92. The van der Waals surface area contributed by atoms with Crippen molar-refractivity contribution >= 4 is 22.2 Å². The maximum Gasteiger partial charge on any atom is 0.127 e. The van der Waals surface area contributed by atoms with Crippen LogP contribution in [0.25, 0.3) is 22.2 Å². The number of benzene rings is 1. The topological polar surface area (TPSA) is 34.6 Å². The first kappa shape index (κ1) is 16.4. The molecule has 0 aliphatic carbocycles. The summed E-state index contributed by atoms with van der Waals surface area (Å²) in [6.07, 6.45) is 3.59. The molecule has 0 amide bonds. The van der Waals surface area contributed by atoms with Gasteiger partial charge in [0.1, 0.15) is 12.0 Å². The van der Waals surface area contributed by atoms with Gasteiger partial charge in [-0.1, -0.05) is 5.39 Å². The summed E-state index contributed by atoms with van der Waals surface area (Å²) in [6, 6.07) is 13.2. The van der Waals surface area contributed by atoms with Crippen LogP contribution in [0.3, 0.4) is 0 Å².